The van der Waals surface area contributed by atoms with Crippen LogP contribution in [0.15, 0.2) is 46.8 Å². The lowest BCUT2D eigenvalue weighted by molar-refractivity contribution is -0.277. The van der Waals surface area contributed by atoms with Crippen LogP contribution in [0, 0.1) is 69.0 Å². The van der Waals surface area contributed by atoms with E-state index in [9.17, 15) is 51.1 Å². The molecule has 0 aromatic carbocycles. The maximum absolute atomic E-state index is 16.3. The molecule has 0 amide bonds. The van der Waals surface area contributed by atoms with Crippen molar-refractivity contribution in [3.8, 4) is 11.8 Å². The Morgan fingerprint density at radius 2 is 1.75 bits per heavy atom. The van der Waals surface area contributed by atoms with E-state index in [4.69, 9.17) is 10.5 Å². The van der Waals surface area contributed by atoms with Crippen LogP contribution in [0.3, 0.4) is 0 Å². The van der Waals surface area contributed by atoms with Crippen LogP contribution in [0.4, 0.5) is 0 Å². The first-order chi connectivity index (χ1) is 33.8. The van der Waals surface area contributed by atoms with E-state index in [1.165, 1.54) is 0 Å². The lowest BCUT2D eigenvalue weighted by Gasteiger charge is -2.74. The summed E-state index contributed by atoms with van der Waals surface area (Å²) < 4.78 is 7.02. The fourth-order valence-corrected chi connectivity index (χ4v) is 18.3. The number of carbonyl (C=O) groups is 1. The molecule has 71 heavy (non-hydrogen) atoms. The highest BCUT2D eigenvalue weighted by atomic mass is 16.5. The number of ketones is 1. The van der Waals surface area contributed by atoms with Crippen LogP contribution < -0.4 is 16.4 Å². The molecule has 1 unspecified atom stereocenters. The van der Waals surface area contributed by atoms with Crippen LogP contribution in [-0.2, 0) is 9.53 Å². The number of aliphatic hydroxyl groups is 10. The maximum atomic E-state index is 16.3. The van der Waals surface area contributed by atoms with Gasteiger partial charge in [-0.15, -0.1) is 5.92 Å². The van der Waals surface area contributed by atoms with Crippen molar-refractivity contribution in [1.29, 1.82) is 0 Å². The quantitative estimate of drug-likeness (QED) is 0.0987. The van der Waals surface area contributed by atoms with E-state index in [0.29, 0.717) is 31.6 Å². The fraction of sp³-hybridized carbons (Fsp3) is 0.804. The molecule has 15 nitrogen and oxygen atoms in total. The van der Waals surface area contributed by atoms with Crippen molar-refractivity contribution >= 4 is 5.78 Å². The first-order valence-electron chi connectivity index (χ1n) is 27.4. The van der Waals surface area contributed by atoms with Crippen LogP contribution in [-0.4, -0.2) is 142 Å². The lowest BCUT2D eigenvalue weighted by Crippen LogP contribution is -2.78. The van der Waals surface area contributed by atoms with E-state index in [-0.39, 0.29) is 87.8 Å². The predicted molar refractivity (Wildman–Crippen MR) is 263 cm³/mol. The van der Waals surface area contributed by atoms with Gasteiger partial charge in [-0.25, -0.2) is 0 Å². The average molecular weight is 990 g/mol. The zero-order chi connectivity index (χ0) is 50.7. The lowest BCUT2D eigenvalue weighted by atomic mass is 9.30. The van der Waals surface area contributed by atoms with Gasteiger partial charge in [-0.3, -0.25) is 4.79 Å². The number of aliphatic hydroxyl groups excluding tert-OH is 7. The molecular formula is C56H83N3O12. The molecule has 394 valence electrons. The van der Waals surface area contributed by atoms with E-state index in [1.54, 1.807) is 13.8 Å². The molecule has 6 fully saturated rings. The van der Waals surface area contributed by atoms with Gasteiger partial charge in [0, 0.05) is 64.8 Å². The molecule has 14 N–H and O–H groups in total. The van der Waals surface area contributed by atoms with Gasteiger partial charge in [0.1, 0.15) is 5.60 Å². The van der Waals surface area contributed by atoms with Gasteiger partial charge >= 0.3 is 0 Å². The summed E-state index contributed by atoms with van der Waals surface area (Å²) in [5.41, 5.74) is -4.27. The van der Waals surface area contributed by atoms with Crippen LogP contribution >= 0.6 is 0 Å². The highest BCUT2D eigenvalue weighted by molar-refractivity contribution is 6.04. The predicted octanol–water partition coefficient (Wildman–Crippen LogP) is 2.24. The molecule has 1 saturated heterocycles. The average Bonchev–Trinajstić information content (AvgIpc) is 3.73. The number of hydrogen-bond donors (Lipinski definition) is 13. The molecule has 15 heteroatoms. The molecule has 2 heterocycles. The highest BCUT2D eigenvalue weighted by Crippen LogP contribution is 2.81. The second kappa shape index (κ2) is 18.6. The number of ether oxygens (including phenoxy) is 1. The largest absolute Gasteiger partial charge is 0.396 e. The van der Waals surface area contributed by atoms with E-state index >= 15 is 4.79 Å². The third-order valence-corrected chi connectivity index (χ3v) is 21.2. The molecule has 11 rings (SSSR count). The minimum atomic E-state index is -2.12. The molecule has 2 aliphatic heterocycles. The molecule has 5 saturated carbocycles. The number of nitrogens with one attached hydrogen (secondary N) is 2. The van der Waals surface area contributed by atoms with Crippen LogP contribution in [0.2, 0.25) is 0 Å². The molecule has 21 atom stereocenters. The Bertz CT molecular complexity index is 2270. The normalized spacial score (nSPS) is 49.0. The molecule has 11 aliphatic rings. The molecule has 9 aliphatic carbocycles. The summed E-state index contributed by atoms with van der Waals surface area (Å²) in [5.74, 6) is 3.70. The summed E-state index contributed by atoms with van der Waals surface area (Å²) in [6, 6.07) is 0. The summed E-state index contributed by atoms with van der Waals surface area (Å²) in [7, 11) is 0. The fourth-order valence-electron chi connectivity index (χ4n) is 18.3. The Morgan fingerprint density at radius 1 is 0.986 bits per heavy atom. The standard InChI is InChI=1S/C56H83N3O12/c1-4-8-32-12-14-36-41(16-13-32)71-49-45(36)38(63)11-6-21-56(49,70)50(3,68)42-19-23-55(69)47-46(58-29-31(2)62)48(67)51-20-5-9-34(30-61)54(42,55)28-43(66)53(47)22-18-33(25-52(51,53)27-40(65)39(64)26-51)35-15-17-44(57)59-37(35)10-7-24-60/h15,17-18,22,31-34,36,38-45,49,58-66,68-70H,4,6-8,10-14,16,19-21,23-30,57H2,1-3H3/t31-,32+,33+,34-,36+,38-,39+,40-,41+,42+,43+,44?,45+,49+,50+,51-,52-,53-,54-,55+,56+/m0/s1. The van der Waals surface area contributed by atoms with E-state index in [1.807, 2.05) is 24.3 Å². The number of allylic oxidation sites excluding steroid dienone is 5. The van der Waals surface area contributed by atoms with E-state index in [2.05, 4.69) is 29.4 Å². The maximum Gasteiger partial charge on any atom is 0.186 e. The SMILES string of the molecule is CCC[C@@H]1CC[C@H]2[C@H]3[C@@H](O[C@@H]2CC1)[C@@](O)([C@](C)(O)[C@H]1CC[C@@]2(O)C4=C(NC[C@H](C)O)C(=O)[C@@]56CC#C[C@@H](CO)[C@@]12C[C@@H](O)[C@@]41C=C[C@@H](C2=C(CCCO)NC(N)C=C2)C[C@]51C[C@H](O)[C@H](O)C6)CCC[C@@H]3O. The third-order valence-electron chi connectivity index (χ3n) is 21.2. The van der Waals surface area contributed by atoms with Gasteiger partial charge < -0.3 is 72.2 Å². The number of nitrogens with two attached hydrogens (primary N) is 1. The minimum absolute atomic E-state index is 0.00964. The summed E-state index contributed by atoms with van der Waals surface area (Å²) in [6.07, 6.45) is 7.32. The number of carbonyl (C=O) groups excluding carboxylic acids is 1. The van der Waals surface area contributed by atoms with Crippen LogP contribution in [0.1, 0.15) is 136 Å². The number of fused-ring (bicyclic) bond motifs is 7. The van der Waals surface area contributed by atoms with Gasteiger partial charge in [0.15, 0.2) is 5.78 Å². The Balaban J connectivity index is 1.18. The monoisotopic (exact) mass is 990 g/mol. The number of rotatable bonds is 12. The Hall–Kier alpha value is -2.69. The van der Waals surface area contributed by atoms with Gasteiger partial charge in [-0.2, -0.15) is 0 Å². The van der Waals surface area contributed by atoms with E-state index in [0.717, 1.165) is 49.8 Å². The molecular weight excluding hydrogens is 907 g/mol. The Morgan fingerprint density at radius 3 is 2.48 bits per heavy atom. The van der Waals surface area contributed by atoms with Gasteiger partial charge in [0.05, 0.1) is 83.7 Å². The molecule has 0 radical (unpaired) electrons. The van der Waals surface area contributed by atoms with Gasteiger partial charge in [0.2, 0.25) is 0 Å². The Labute approximate surface area is 419 Å². The van der Waals surface area contributed by atoms with Crippen molar-refractivity contribution in [2.45, 2.75) is 202 Å². The first kappa shape index (κ1) is 51.8. The zero-order valence-electron chi connectivity index (χ0n) is 42.1. The zero-order valence-corrected chi connectivity index (χ0v) is 42.1. The molecule has 4 bridgehead atoms. The van der Waals surface area contributed by atoms with Crippen molar-refractivity contribution in [2.24, 2.45) is 62.9 Å². The summed E-state index contributed by atoms with van der Waals surface area (Å²) >= 11 is 0. The van der Waals surface area contributed by atoms with E-state index < -0.39 is 117 Å². The minimum Gasteiger partial charge on any atom is -0.396 e. The topological polar surface area (TPSA) is 279 Å². The molecule has 0 aromatic heterocycles. The Kier molecular flexibility index (Phi) is 13.5. The molecule has 4 spiro atoms. The number of hydrogen-bond acceptors (Lipinski definition) is 15. The summed E-state index contributed by atoms with van der Waals surface area (Å²) in [5, 5.41) is 131. The molecule has 0 aromatic rings. The second-order valence-corrected chi connectivity index (χ2v) is 24.5. The summed E-state index contributed by atoms with van der Waals surface area (Å²) in [6.45, 7) is 4.62. The van der Waals surface area contributed by atoms with Crippen molar-refractivity contribution < 1.29 is 60.6 Å². The van der Waals surface area contributed by atoms with Gasteiger partial charge in [0.25, 0.3) is 0 Å². The van der Waals surface area contributed by atoms with Crippen LogP contribution in [0.5, 0.6) is 0 Å². The van der Waals surface area contributed by atoms with Gasteiger partial charge in [-0.1, -0.05) is 50.3 Å². The third kappa shape index (κ3) is 7.16. The number of dihydropyridines is 1. The smallest absolute Gasteiger partial charge is 0.186 e. The van der Waals surface area contributed by atoms with Gasteiger partial charge in [-0.05, 0) is 127 Å². The van der Waals surface area contributed by atoms with Crippen molar-refractivity contribution in [2.75, 3.05) is 19.8 Å². The first-order valence-corrected chi connectivity index (χ1v) is 27.4. The second-order valence-electron chi connectivity index (χ2n) is 24.5. The van der Waals surface area contributed by atoms with Crippen molar-refractivity contribution in [1.82, 2.24) is 10.6 Å². The highest BCUT2D eigenvalue weighted by Gasteiger charge is 2.84. The number of Topliss-reactive ketones (excluding diaryl/α,β-unsaturated/α-hetero) is 1. The van der Waals surface area contributed by atoms with Crippen molar-refractivity contribution in [3.05, 3.63) is 46.8 Å². The summed E-state index contributed by atoms with van der Waals surface area (Å²) in [4.78, 5) is 16.3. The van der Waals surface area contributed by atoms with Crippen molar-refractivity contribution in [3.63, 3.8) is 0 Å². The van der Waals surface area contributed by atoms with Crippen LogP contribution in [0.25, 0.3) is 0 Å².